The van der Waals surface area contributed by atoms with Gasteiger partial charge in [0, 0.05) is 38.1 Å². The van der Waals surface area contributed by atoms with Gasteiger partial charge in [-0.1, -0.05) is 6.07 Å². The predicted molar refractivity (Wildman–Crippen MR) is 98.4 cm³/mol. The van der Waals surface area contributed by atoms with E-state index in [1.54, 1.807) is 0 Å². The third-order valence-corrected chi connectivity index (χ3v) is 5.24. The van der Waals surface area contributed by atoms with Crippen LogP contribution in [0.25, 0.3) is 0 Å². The Balaban J connectivity index is 1.34. The van der Waals surface area contributed by atoms with Crippen LogP contribution in [0.4, 0.5) is 0 Å². The molecule has 1 aromatic carbocycles. The zero-order valence-electron chi connectivity index (χ0n) is 15.5. The Hall–Kier alpha value is -2.05. The summed E-state index contributed by atoms with van der Waals surface area (Å²) in [5.74, 6) is 2.71. The lowest BCUT2D eigenvalue weighted by atomic mass is 9.99. The molecule has 0 unspecified atom stereocenters. The number of imidazole rings is 1. The number of nitrogens with one attached hydrogen (secondary N) is 1. The van der Waals surface area contributed by atoms with E-state index in [1.165, 1.54) is 5.56 Å². The zero-order valence-corrected chi connectivity index (χ0v) is 15.5. The predicted octanol–water partition coefficient (Wildman–Crippen LogP) is 2.98. The van der Waals surface area contributed by atoms with Crippen molar-refractivity contribution in [2.75, 3.05) is 13.4 Å². The smallest absolute Gasteiger partial charge is 0.231 e. The summed E-state index contributed by atoms with van der Waals surface area (Å²) < 4.78 is 19.0. The number of benzene rings is 1. The average molecular weight is 357 g/mol. The third-order valence-electron chi connectivity index (χ3n) is 5.24. The largest absolute Gasteiger partial charge is 0.454 e. The van der Waals surface area contributed by atoms with Crippen molar-refractivity contribution in [2.24, 2.45) is 7.05 Å². The Kier molecular flexibility index (Phi) is 5.13. The molecule has 3 atom stereocenters. The molecule has 1 fully saturated rings. The Morgan fingerprint density at radius 1 is 1.31 bits per heavy atom. The molecule has 1 N–H and O–H groups in total. The maximum absolute atomic E-state index is 6.05. The van der Waals surface area contributed by atoms with Gasteiger partial charge in [-0.3, -0.25) is 0 Å². The fourth-order valence-electron chi connectivity index (χ4n) is 3.79. The molecule has 2 aromatic rings. The summed E-state index contributed by atoms with van der Waals surface area (Å²) in [7, 11) is 2.03. The average Bonchev–Trinajstić information content (AvgIpc) is 3.28. The van der Waals surface area contributed by atoms with Gasteiger partial charge in [-0.2, -0.15) is 0 Å². The van der Waals surface area contributed by atoms with Gasteiger partial charge in [0.05, 0.1) is 0 Å². The lowest BCUT2D eigenvalue weighted by Crippen LogP contribution is -2.44. The van der Waals surface area contributed by atoms with Crippen molar-refractivity contribution < 1.29 is 14.2 Å². The van der Waals surface area contributed by atoms with E-state index in [9.17, 15) is 0 Å². The molecule has 0 radical (unpaired) electrons. The molecule has 0 spiro atoms. The lowest BCUT2D eigenvalue weighted by Gasteiger charge is -2.34. The summed E-state index contributed by atoms with van der Waals surface area (Å²) in [6.07, 6.45) is 8.12. The number of hydrogen-bond donors (Lipinski definition) is 1. The van der Waals surface area contributed by atoms with Crippen molar-refractivity contribution in [2.45, 2.75) is 50.8 Å². The molecule has 0 aliphatic carbocycles. The van der Waals surface area contributed by atoms with Crippen molar-refractivity contribution in [1.29, 1.82) is 0 Å². The van der Waals surface area contributed by atoms with Gasteiger partial charge in [0.2, 0.25) is 6.79 Å². The van der Waals surface area contributed by atoms with Gasteiger partial charge < -0.3 is 24.1 Å². The summed E-state index contributed by atoms with van der Waals surface area (Å²) in [5.41, 5.74) is 1.28. The van der Waals surface area contributed by atoms with Gasteiger partial charge in [-0.15, -0.1) is 0 Å². The number of hydrogen-bond acceptors (Lipinski definition) is 5. The van der Waals surface area contributed by atoms with Crippen LogP contribution in [0.3, 0.4) is 0 Å². The van der Waals surface area contributed by atoms with E-state index in [0.29, 0.717) is 18.9 Å². The molecule has 0 saturated carbocycles. The molecule has 1 aromatic heterocycles. The van der Waals surface area contributed by atoms with Crippen LogP contribution in [0.2, 0.25) is 0 Å². The maximum atomic E-state index is 6.05. The van der Waals surface area contributed by atoms with Gasteiger partial charge in [0.1, 0.15) is 11.9 Å². The molecule has 2 aliphatic rings. The first-order valence-corrected chi connectivity index (χ1v) is 9.44. The molecule has 6 nitrogen and oxygen atoms in total. The number of aryl methyl sites for hydroxylation is 2. The number of aromatic nitrogens is 2. The van der Waals surface area contributed by atoms with Gasteiger partial charge >= 0.3 is 0 Å². The summed E-state index contributed by atoms with van der Waals surface area (Å²) in [6, 6.07) is 6.92. The van der Waals surface area contributed by atoms with Crippen LogP contribution >= 0.6 is 0 Å². The number of rotatable bonds is 6. The van der Waals surface area contributed by atoms with Crippen LogP contribution in [-0.2, 0) is 18.2 Å². The van der Waals surface area contributed by atoms with Crippen LogP contribution in [0.5, 0.6) is 11.5 Å². The Labute approximate surface area is 154 Å². The SMILES string of the molecule is C[C@H](CCc1ccc2c(c1)OCO2)N[C@H]1CCCO[C@@H]1c1nccn1C. The molecule has 1 saturated heterocycles. The minimum atomic E-state index is 0.0248. The van der Waals surface area contributed by atoms with Crippen LogP contribution < -0.4 is 14.8 Å². The summed E-state index contributed by atoms with van der Waals surface area (Å²) in [6.45, 7) is 3.38. The van der Waals surface area contributed by atoms with E-state index >= 15 is 0 Å². The molecular formula is C20H27N3O3. The minimum Gasteiger partial charge on any atom is -0.454 e. The third kappa shape index (κ3) is 3.71. The first kappa shape index (κ1) is 17.4. The fourth-order valence-corrected chi connectivity index (χ4v) is 3.79. The second-order valence-electron chi connectivity index (χ2n) is 7.23. The summed E-state index contributed by atoms with van der Waals surface area (Å²) >= 11 is 0. The molecule has 6 heteroatoms. The number of nitrogens with zero attached hydrogens (tertiary/aromatic N) is 2. The van der Waals surface area contributed by atoms with Crippen molar-refractivity contribution >= 4 is 0 Å². The molecular weight excluding hydrogens is 330 g/mol. The lowest BCUT2D eigenvalue weighted by molar-refractivity contribution is -0.0201. The zero-order chi connectivity index (χ0) is 17.9. The second-order valence-corrected chi connectivity index (χ2v) is 7.23. The van der Waals surface area contributed by atoms with Crippen molar-refractivity contribution in [3.63, 3.8) is 0 Å². The van der Waals surface area contributed by atoms with E-state index in [1.807, 2.05) is 25.5 Å². The molecule has 140 valence electrons. The van der Waals surface area contributed by atoms with Gasteiger partial charge in [-0.05, 0) is 50.3 Å². The van der Waals surface area contributed by atoms with Crippen LogP contribution in [0.15, 0.2) is 30.6 Å². The number of fused-ring (bicyclic) bond motifs is 1. The molecule has 26 heavy (non-hydrogen) atoms. The monoisotopic (exact) mass is 357 g/mol. The Bertz CT molecular complexity index is 746. The highest BCUT2D eigenvalue weighted by atomic mass is 16.7. The second kappa shape index (κ2) is 7.68. The highest BCUT2D eigenvalue weighted by Gasteiger charge is 2.30. The quantitative estimate of drug-likeness (QED) is 0.861. The van der Waals surface area contributed by atoms with Gasteiger partial charge in [-0.25, -0.2) is 4.98 Å². The molecule has 0 bridgehead atoms. The van der Waals surface area contributed by atoms with Crippen molar-refractivity contribution in [3.05, 3.63) is 42.0 Å². The summed E-state index contributed by atoms with van der Waals surface area (Å²) in [4.78, 5) is 4.50. The highest BCUT2D eigenvalue weighted by molar-refractivity contribution is 5.44. The van der Waals surface area contributed by atoms with E-state index in [4.69, 9.17) is 14.2 Å². The first-order chi connectivity index (χ1) is 12.7. The number of ether oxygens (including phenoxy) is 3. The summed E-state index contributed by atoms with van der Waals surface area (Å²) in [5, 5.41) is 3.77. The fraction of sp³-hybridized carbons (Fsp3) is 0.550. The Morgan fingerprint density at radius 3 is 3.04 bits per heavy atom. The van der Waals surface area contributed by atoms with Crippen molar-refractivity contribution in [1.82, 2.24) is 14.9 Å². The van der Waals surface area contributed by atoms with E-state index < -0.39 is 0 Å². The normalized spacial score (nSPS) is 23.2. The van der Waals surface area contributed by atoms with E-state index in [2.05, 4.69) is 33.9 Å². The molecule has 0 amide bonds. The molecule has 3 heterocycles. The van der Waals surface area contributed by atoms with Crippen LogP contribution in [0, 0.1) is 0 Å². The molecule has 4 rings (SSSR count). The van der Waals surface area contributed by atoms with Gasteiger partial charge in [0.15, 0.2) is 11.5 Å². The van der Waals surface area contributed by atoms with E-state index in [0.717, 1.165) is 49.6 Å². The van der Waals surface area contributed by atoms with E-state index in [-0.39, 0.29) is 6.10 Å². The standard InChI is InChI=1S/C20H27N3O3/c1-14(5-6-15-7-8-17-18(12-15)26-13-25-17)22-16-4-3-11-24-19(16)20-21-9-10-23(20)2/h7-10,12,14,16,19,22H,3-6,11,13H2,1-2H3/t14-,16+,19+/m1/s1. The van der Waals surface area contributed by atoms with Crippen molar-refractivity contribution in [3.8, 4) is 11.5 Å². The minimum absolute atomic E-state index is 0.0248. The topological polar surface area (TPSA) is 57.5 Å². The van der Waals surface area contributed by atoms with Gasteiger partial charge in [0.25, 0.3) is 0 Å². The Morgan fingerprint density at radius 2 is 2.19 bits per heavy atom. The first-order valence-electron chi connectivity index (χ1n) is 9.44. The van der Waals surface area contributed by atoms with Crippen LogP contribution in [0.1, 0.15) is 43.7 Å². The highest BCUT2D eigenvalue weighted by Crippen LogP contribution is 2.33. The molecule has 2 aliphatic heterocycles. The maximum Gasteiger partial charge on any atom is 0.231 e. The van der Waals surface area contributed by atoms with Crippen LogP contribution in [-0.4, -0.2) is 35.0 Å².